The molecular formula is C30H20N2O10. The minimum atomic E-state index is -0.835. The fourth-order valence-corrected chi connectivity index (χ4v) is 3.06. The summed E-state index contributed by atoms with van der Waals surface area (Å²) >= 11 is 0. The summed E-state index contributed by atoms with van der Waals surface area (Å²) < 4.78 is 30.5. The first-order valence-electron chi connectivity index (χ1n) is 11.7. The predicted octanol–water partition coefficient (Wildman–Crippen LogP) is 4.68. The van der Waals surface area contributed by atoms with E-state index in [4.69, 9.17) is 35.0 Å². The van der Waals surface area contributed by atoms with Crippen LogP contribution in [0.3, 0.4) is 0 Å². The van der Waals surface area contributed by atoms with E-state index in [1.165, 1.54) is 60.7 Å². The van der Waals surface area contributed by atoms with E-state index < -0.39 is 23.9 Å². The smallest absolute Gasteiger partial charge is 0.343 e. The van der Waals surface area contributed by atoms with E-state index >= 15 is 0 Å². The lowest BCUT2D eigenvalue weighted by Gasteiger charge is -2.12. The average Bonchev–Trinajstić information content (AvgIpc) is 3.01. The van der Waals surface area contributed by atoms with E-state index in [1.807, 2.05) is 0 Å². The maximum absolute atomic E-state index is 12.7. The molecule has 3 aromatic rings. The lowest BCUT2D eigenvalue weighted by molar-refractivity contribution is -0.145. The molecular weight excluding hydrogens is 548 g/mol. The second-order valence-electron chi connectivity index (χ2n) is 7.70. The summed E-state index contributed by atoms with van der Waals surface area (Å²) in [6.45, 7) is 13.3. The third-order valence-corrected chi connectivity index (χ3v) is 5.10. The lowest BCUT2D eigenvalue weighted by atomic mass is 10.1. The second kappa shape index (κ2) is 14.7. The fourth-order valence-electron chi connectivity index (χ4n) is 3.06. The Kier molecular flexibility index (Phi) is 10.5. The molecule has 12 heteroatoms. The Morgan fingerprint density at radius 3 is 1.57 bits per heavy atom. The van der Waals surface area contributed by atoms with Gasteiger partial charge in [-0.15, -0.1) is 0 Å². The van der Waals surface area contributed by atoms with Crippen LogP contribution < -0.4 is 18.9 Å². The van der Waals surface area contributed by atoms with Gasteiger partial charge in [-0.1, -0.05) is 13.2 Å². The quantitative estimate of drug-likeness (QED) is 0.0984. The van der Waals surface area contributed by atoms with Gasteiger partial charge in [-0.25, -0.2) is 24.0 Å². The highest BCUT2D eigenvalue weighted by atomic mass is 16.7. The molecule has 0 spiro atoms. The van der Waals surface area contributed by atoms with Gasteiger partial charge in [-0.3, -0.25) is 0 Å². The average molecular weight is 568 g/mol. The summed E-state index contributed by atoms with van der Waals surface area (Å²) in [5, 5.41) is 9.68. The molecule has 0 atom stereocenters. The highest BCUT2D eigenvalue weighted by Crippen LogP contribution is 2.38. The Hall–Kier alpha value is -6.40. The molecule has 0 aliphatic carbocycles. The molecule has 0 unspecified atom stereocenters. The van der Waals surface area contributed by atoms with E-state index in [1.54, 1.807) is 6.07 Å². The molecule has 210 valence electrons. The van der Waals surface area contributed by atoms with Crippen LogP contribution in [0.1, 0.15) is 26.3 Å². The van der Waals surface area contributed by atoms with Gasteiger partial charge in [0.2, 0.25) is 19.3 Å². The zero-order chi connectivity index (χ0) is 30.5. The van der Waals surface area contributed by atoms with Crippen LogP contribution in [0.5, 0.6) is 23.0 Å². The standard InChI is InChI=1S/C30H20N2O10/c1-4-26(33)39-17-37-21-10-6-19(7-11-21)29(35)41-24-14-15-25(28(32-3)23(24)16-31)42-30(36)20-8-12-22(13-9-20)38-18-40-27(34)5-2/h4-15H,1-2,17-18H2. The summed E-state index contributed by atoms with van der Waals surface area (Å²) in [5.74, 6) is -2.81. The van der Waals surface area contributed by atoms with Gasteiger partial charge in [-0.05, 0) is 60.7 Å². The number of rotatable bonds is 12. The first-order chi connectivity index (χ1) is 20.3. The Morgan fingerprint density at radius 2 is 1.17 bits per heavy atom. The number of nitriles is 1. The maximum Gasteiger partial charge on any atom is 0.343 e. The van der Waals surface area contributed by atoms with Gasteiger partial charge in [0.05, 0.1) is 23.8 Å². The minimum absolute atomic E-state index is 0.0977. The zero-order valence-electron chi connectivity index (χ0n) is 21.7. The van der Waals surface area contributed by atoms with Crippen LogP contribution in [0.25, 0.3) is 4.85 Å². The van der Waals surface area contributed by atoms with Gasteiger partial charge in [0.15, 0.2) is 0 Å². The molecule has 12 nitrogen and oxygen atoms in total. The largest absolute Gasteiger partial charge is 0.457 e. The van der Waals surface area contributed by atoms with Gasteiger partial charge in [0.25, 0.3) is 0 Å². The first kappa shape index (κ1) is 30.1. The molecule has 0 aliphatic rings. The molecule has 0 saturated heterocycles. The fraction of sp³-hybridized carbons (Fsp3) is 0.0667. The van der Waals surface area contributed by atoms with Crippen LogP contribution in [0, 0.1) is 17.9 Å². The number of carbonyl (C=O) groups excluding carboxylic acids is 4. The SMILES string of the molecule is [C-]#[N+]c1c(OC(=O)c2ccc(OCOC(=O)C=C)cc2)ccc(OC(=O)c2ccc(OCOC(=O)C=C)cc2)c1C#N. The van der Waals surface area contributed by atoms with E-state index in [0.717, 1.165) is 12.2 Å². The predicted molar refractivity (Wildman–Crippen MR) is 144 cm³/mol. The number of hydrogen-bond acceptors (Lipinski definition) is 11. The molecule has 3 rings (SSSR count). The number of nitrogens with zero attached hydrogens (tertiary/aromatic N) is 2. The Labute approximate surface area is 239 Å². The molecule has 42 heavy (non-hydrogen) atoms. The first-order valence-corrected chi connectivity index (χ1v) is 11.7. The topological polar surface area (TPSA) is 152 Å². The van der Waals surface area contributed by atoms with Crippen molar-refractivity contribution in [1.82, 2.24) is 0 Å². The van der Waals surface area contributed by atoms with Gasteiger partial charge in [0.1, 0.15) is 28.6 Å². The molecule has 0 fully saturated rings. The molecule has 0 aromatic heterocycles. The molecule has 0 N–H and O–H groups in total. The summed E-state index contributed by atoms with van der Waals surface area (Å²) in [7, 11) is 0. The summed E-state index contributed by atoms with van der Waals surface area (Å²) in [6, 6.07) is 15.5. The Balaban J connectivity index is 1.67. The normalized spacial score (nSPS) is 9.67. The number of esters is 4. The molecule has 0 saturated carbocycles. The van der Waals surface area contributed by atoms with E-state index in [0.29, 0.717) is 11.5 Å². The second-order valence-corrected chi connectivity index (χ2v) is 7.70. The van der Waals surface area contributed by atoms with Gasteiger partial charge >= 0.3 is 23.9 Å². The molecule has 0 amide bonds. The summed E-state index contributed by atoms with van der Waals surface area (Å²) in [5.41, 5.74) is -0.453. The van der Waals surface area contributed by atoms with E-state index in [2.05, 4.69) is 18.0 Å². The van der Waals surface area contributed by atoms with Crippen molar-refractivity contribution in [3.63, 3.8) is 0 Å². The van der Waals surface area contributed by atoms with Crippen molar-refractivity contribution in [2.75, 3.05) is 13.6 Å². The number of ether oxygens (including phenoxy) is 6. The number of hydrogen-bond donors (Lipinski definition) is 0. The number of benzene rings is 3. The van der Waals surface area contributed by atoms with Crippen molar-refractivity contribution >= 4 is 29.6 Å². The van der Waals surface area contributed by atoms with Crippen molar-refractivity contribution < 1.29 is 47.6 Å². The van der Waals surface area contributed by atoms with E-state index in [-0.39, 0.29) is 47.5 Å². The lowest BCUT2D eigenvalue weighted by Crippen LogP contribution is -2.11. The monoisotopic (exact) mass is 568 g/mol. The molecule has 3 aromatic carbocycles. The van der Waals surface area contributed by atoms with Crippen molar-refractivity contribution in [1.29, 1.82) is 5.26 Å². The van der Waals surface area contributed by atoms with Crippen molar-refractivity contribution in [3.8, 4) is 29.1 Å². The highest BCUT2D eigenvalue weighted by Gasteiger charge is 2.21. The van der Waals surface area contributed by atoms with Crippen LogP contribution in [-0.4, -0.2) is 37.5 Å². The van der Waals surface area contributed by atoms with Crippen molar-refractivity contribution in [2.45, 2.75) is 0 Å². The molecule has 0 bridgehead atoms. The number of carbonyl (C=O) groups is 4. The van der Waals surface area contributed by atoms with Crippen LogP contribution >= 0.6 is 0 Å². The van der Waals surface area contributed by atoms with Crippen LogP contribution in [0.15, 0.2) is 86.0 Å². The summed E-state index contributed by atoms with van der Waals surface area (Å²) in [4.78, 5) is 50.7. The van der Waals surface area contributed by atoms with Crippen LogP contribution in [0.4, 0.5) is 5.69 Å². The third kappa shape index (κ3) is 8.05. The third-order valence-electron chi connectivity index (χ3n) is 5.10. The van der Waals surface area contributed by atoms with Crippen LogP contribution in [0.2, 0.25) is 0 Å². The Morgan fingerprint density at radius 1 is 0.738 bits per heavy atom. The zero-order valence-corrected chi connectivity index (χ0v) is 21.7. The van der Waals surface area contributed by atoms with E-state index in [9.17, 15) is 24.4 Å². The molecule has 0 heterocycles. The maximum atomic E-state index is 12.7. The van der Waals surface area contributed by atoms with Crippen LogP contribution in [-0.2, 0) is 19.1 Å². The van der Waals surface area contributed by atoms with Gasteiger partial charge in [0, 0.05) is 12.2 Å². The van der Waals surface area contributed by atoms with Crippen molar-refractivity contribution in [2.24, 2.45) is 0 Å². The minimum Gasteiger partial charge on any atom is -0.457 e. The Bertz CT molecular complexity index is 1480. The molecule has 0 radical (unpaired) electrons. The van der Waals surface area contributed by atoms with Gasteiger partial charge < -0.3 is 28.4 Å². The highest BCUT2D eigenvalue weighted by molar-refractivity contribution is 5.94. The van der Waals surface area contributed by atoms with Crippen molar-refractivity contribution in [3.05, 3.63) is 114 Å². The van der Waals surface area contributed by atoms with Gasteiger partial charge in [-0.2, -0.15) is 5.26 Å². The molecule has 0 aliphatic heterocycles. The summed E-state index contributed by atoms with van der Waals surface area (Å²) in [6.07, 6.45) is 1.97.